The van der Waals surface area contributed by atoms with Crippen molar-refractivity contribution in [3.63, 3.8) is 0 Å². The minimum atomic E-state index is 0.851. The molecular weight excluding hydrogens is 1060 g/mol. The van der Waals surface area contributed by atoms with Gasteiger partial charge in [-0.2, -0.15) is 0 Å². The molecule has 0 amide bonds. The molecule has 0 radical (unpaired) electrons. The van der Waals surface area contributed by atoms with Crippen LogP contribution in [0.4, 0.5) is 96.7 Å². The Morgan fingerprint density at radius 2 is 0.326 bits per heavy atom. The Morgan fingerprint density at radius 1 is 0.186 bits per heavy atom. The summed E-state index contributed by atoms with van der Waals surface area (Å²) in [5.41, 5.74) is 22.8. The van der Waals surface area contributed by atoms with Crippen molar-refractivity contribution in [3.05, 3.63) is 297 Å². The molecule has 9 aromatic rings. The Bertz CT molecular complexity index is 4180. The van der Waals surface area contributed by atoms with Gasteiger partial charge in [0.15, 0.2) is 0 Å². The highest BCUT2D eigenvalue weighted by molar-refractivity contribution is 6.21. The summed E-state index contributed by atoms with van der Waals surface area (Å²) in [7, 11) is 1.78. The molecule has 0 heterocycles. The Labute approximate surface area is 501 Å². The maximum absolute atomic E-state index is 4.84. The maximum Gasteiger partial charge on any atom is 0.0638 e. The number of hydrogen-bond donors (Lipinski definition) is 6. The lowest BCUT2D eigenvalue weighted by Crippen LogP contribution is -1.99. The SMILES string of the molecule is CN=C1C=CC(=Nc2ccc(Nc3ccc(Nc4ccc(N=C5C=CC(=Nc6ccc(Nc7ccc(Nc8ccc(N=C9C=CC(=Nc%10ccc(Nc%11ccc(Nc%12ccc(C)cc%12)cc%11)cc%10)C=C9)cc8)cc7)cc6)C=C5)cc4)cc3)cc2)C=C1. The molecule has 0 unspecified atom stereocenters. The number of hydrogen-bond acceptors (Lipinski definition) is 12. The lowest BCUT2D eigenvalue weighted by molar-refractivity contribution is 1.45. The maximum atomic E-state index is 4.84. The molecule has 86 heavy (non-hydrogen) atoms. The molecule has 9 aromatic carbocycles. The monoisotopic (exact) mass is 1120 g/mol. The molecule has 12 nitrogen and oxygen atoms in total. The fourth-order valence-corrected chi connectivity index (χ4v) is 9.27. The van der Waals surface area contributed by atoms with E-state index in [1.54, 1.807) is 7.05 Å². The van der Waals surface area contributed by atoms with Gasteiger partial charge in [0.1, 0.15) is 0 Å². The first-order valence-corrected chi connectivity index (χ1v) is 28.3. The standard InChI is InChI=1S/C74H60N12/c1-51-3-5-53(6-4-51)76-55-11-13-57(14-12-55)78-59-19-21-61(22-20-59)80-63-27-29-65(30-28-63)82-67-35-37-69(38-36-67)84-71-43-45-73(46-44-71)86-74-49-47-72(48-50-74)85-70-41-39-68(40-42-70)83-66-33-31-64(32-34-66)81-62-25-23-60(24-26-62)79-58-17-15-56(16-18-58)77-54-9-7-52(75-2)8-10-54/h3-50,76,78-79,81,84,86H,1-2H3. The van der Waals surface area contributed by atoms with E-state index >= 15 is 0 Å². The van der Waals surface area contributed by atoms with Gasteiger partial charge in [0.05, 0.1) is 62.7 Å². The average Bonchev–Trinajstić information content (AvgIpc) is 3.64. The molecule has 3 aliphatic rings. The molecule has 12 rings (SSSR count). The largest absolute Gasteiger partial charge is 0.356 e. The van der Waals surface area contributed by atoms with Gasteiger partial charge in [0, 0.05) is 75.3 Å². The number of aryl methyl sites for hydroxylation is 1. The summed E-state index contributed by atoms with van der Waals surface area (Å²) in [5.74, 6) is 0. The van der Waals surface area contributed by atoms with E-state index in [1.807, 2.05) is 194 Å². The van der Waals surface area contributed by atoms with Crippen molar-refractivity contribution in [1.82, 2.24) is 0 Å². The van der Waals surface area contributed by atoms with Crippen molar-refractivity contribution in [3.8, 4) is 0 Å². The van der Waals surface area contributed by atoms with Gasteiger partial charge in [-0.25, -0.2) is 25.0 Å². The quantitative estimate of drug-likeness (QED) is 0.0501. The van der Waals surface area contributed by atoms with Gasteiger partial charge >= 0.3 is 0 Å². The molecule has 6 N–H and O–H groups in total. The Hall–Kier alpha value is -11.8. The number of nitrogens with one attached hydrogen (secondary N) is 6. The van der Waals surface area contributed by atoms with E-state index in [4.69, 9.17) is 25.0 Å². The predicted octanol–water partition coefficient (Wildman–Crippen LogP) is 19.7. The van der Waals surface area contributed by atoms with Gasteiger partial charge in [-0.3, -0.25) is 4.99 Å². The van der Waals surface area contributed by atoms with Crippen LogP contribution in [0.2, 0.25) is 0 Å². The van der Waals surface area contributed by atoms with Gasteiger partial charge in [-0.15, -0.1) is 0 Å². The normalized spacial score (nSPS) is 13.0. The Morgan fingerprint density at radius 3 is 0.488 bits per heavy atom. The lowest BCUT2D eigenvalue weighted by atomic mass is 10.1. The molecule has 0 saturated heterocycles. The van der Waals surface area contributed by atoms with E-state index in [2.05, 4.69) is 141 Å². The first-order chi connectivity index (χ1) is 42.3. The highest BCUT2D eigenvalue weighted by Crippen LogP contribution is 2.30. The first-order valence-electron chi connectivity index (χ1n) is 28.3. The highest BCUT2D eigenvalue weighted by atomic mass is 14.9. The third-order valence-electron chi connectivity index (χ3n) is 13.9. The third-order valence-corrected chi connectivity index (χ3v) is 13.9. The fourth-order valence-electron chi connectivity index (χ4n) is 9.27. The summed E-state index contributed by atoms with van der Waals surface area (Å²) in [5, 5.41) is 20.9. The van der Waals surface area contributed by atoms with Crippen LogP contribution in [0, 0.1) is 6.92 Å². The van der Waals surface area contributed by atoms with Crippen LogP contribution in [0.25, 0.3) is 0 Å². The van der Waals surface area contributed by atoms with Crippen LogP contribution in [0.15, 0.2) is 321 Å². The number of nitrogens with zero attached hydrogens (tertiary/aromatic N) is 6. The molecular formula is C74H60N12. The van der Waals surface area contributed by atoms with Crippen LogP contribution >= 0.6 is 0 Å². The van der Waals surface area contributed by atoms with E-state index in [0.29, 0.717) is 0 Å². The minimum Gasteiger partial charge on any atom is -0.356 e. The molecule has 0 aliphatic heterocycles. The number of rotatable bonds is 17. The zero-order chi connectivity index (χ0) is 58.3. The van der Waals surface area contributed by atoms with Crippen LogP contribution < -0.4 is 31.9 Å². The second kappa shape index (κ2) is 26.4. The first kappa shape index (κ1) is 54.8. The van der Waals surface area contributed by atoms with Crippen molar-refractivity contribution < 1.29 is 0 Å². The lowest BCUT2D eigenvalue weighted by Gasteiger charge is -2.10. The van der Waals surface area contributed by atoms with Crippen LogP contribution in [0.3, 0.4) is 0 Å². The van der Waals surface area contributed by atoms with E-state index in [9.17, 15) is 0 Å². The fraction of sp³-hybridized carbons (Fsp3) is 0.0270. The summed E-state index contributed by atoms with van der Waals surface area (Å²) in [4.78, 5) is 28.2. The summed E-state index contributed by atoms with van der Waals surface area (Å²) >= 11 is 0. The molecule has 0 spiro atoms. The van der Waals surface area contributed by atoms with Crippen molar-refractivity contribution in [2.24, 2.45) is 30.0 Å². The summed E-state index contributed by atoms with van der Waals surface area (Å²) in [6, 6.07) is 73.5. The molecule has 3 aliphatic carbocycles. The van der Waals surface area contributed by atoms with Crippen molar-refractivity contribution in [2.75, 3.05) is 38.9 Å². The van der Waals surface area contributed by atoms with Crippen molar-refractivity contribution in [1.29, 1.82) is 0 Å². The molecule has 0 atom stereocenters. The number of aliphatic imine (C=N–C) groups is 6. The second-order valence-electron chi connectivity index (χ2n) is 20.4. The van der Waals surface area contributed by atoms with Crippen LogP contribution in [0.1, 0.15) is 5.56 Å². The van der Waals surface area contributed by atoms with Gasteiger partial charge in [0.25, 0.3) is 0 Å². The molecule has 0 aromatic heterocycles. The summed E-state index contributed by atoms with van der Waals surface area (Å²) < 4.78 is 0. The summed E-state index contributed by atoms with van der Waals surface area (Å²) in [6.07, 6.45) is 23.8. The van der Waals surface area contributed by atoms with Crippen LogP contribution in [0.5, 0.6) is 0 Å². The number of anilines is 12. The number of benzene rings is 9. The highest BCUT2D eigenvalue weighted by Gasteiger charge is 2.07. The van der Waals surface area contributed by atoms with Crippen molar-refractivity contribution in [2.45, 2.75) is 6.92 Å². The zero-order valence-electron chi connectivity index (χ0n) is 47.4. The van der Waals surface area contributed by atoms with Crippen LogP contribution in [-0.2, 0) is 0 Å². The molecule has 0 fully saturated rings. The van der Waals surface area contributed by atoms with E-state index < -0.39 is 0 Å². The molecule has 416 valence electrons. The third kappa shape index (κ3) is 15.4. The minimum absolute atomic E-state index is 0.851. The second-order valence-corrected chi connectivity index (χ2v) is 20.4. The van der Waals surface area contributed by atoms with E-state index in [1.165, 1.54) is 5.56 Å². The van der Waals surface area contributed by atoms with Gasteiger partial charge < -0.3 is 31.9 Å². The van der Waals surface area contributed by atoms with E-state index in [0.717, 1.165) is 131 Å². The Balaban J connectivity index is 0.557. The van der Waals surface area contributed by atoms with Crippen molar-refractivity contribution >= 4 is 131 Å². The molecule has 0 bridgehead atoms. The zero-order valence-corrected chi connectivity index (χ0v) is 47.4. The van der Waals surface area contributed by atoms with Gasteiger partial charge in [-0.05, 0) is 286 Å². The predicted molar refractivity (Wildman–Crippen MR) is 366 cm³/mol. The number of allylic oxidation sites excluding steroid dienone is 12. The van der Waals surface area contributed by atoms with Gasteiger partial charge in [-0.1, -0.05) is 17.7 Å². The topological polar surface area (TPSA) is 146 Å². The molecule has 12 heteroatoms. The van der Waals surface area contributed by atoms with E-state index in [-0.39, 0.29) is 0 Å². The Kier molecular flexibility index (Phi) is 16.8. The molecule has 0 saturated carbocycles. The summed E-state index contributed by atoms with van der Waals surface area (Å²) in [6.45, 7) is 2.09. The average molecular weight is 1120 g/mol. The van der Waals surface area contributed by atoms with Gasteiger partial charge in [0.2, 0.25) is 0 Å². The van der Waals surface area contributed by atoms with Crippen LogP contribution in [-0.4, -0.2) is 41.3 Å². The smallest absolute Gasteiger partial charge is 0.0638 e.